The lowest BCUT2D eigenvalue weighted by molar-refractivity contribution is -0.134. The van der Waals surface area contributed by atoms with Gasteiger partial charge in [0.1, 0.15) is 0 Å². The zero-order valence-corrected chi connectivity index (χ0v) is 14.0. The van der Waals surface area contributed by atoms with E-state index >= 15 is 0 Å². The molecule has 0 saturated carbocycles. The van der Waals surface area contributed by atoms with Gasteiger partial charge < -0.3 is 15.1 Å². The first-order valence-corrected chi connectivity index (χ1v) is 8.46. The Bertz CT molecular complexity index is 320. The molecule has 5 nitrogen and oxygen atoms in total. The van der Waals surface area contributed by atoms with Crippen LogP contribution < -0.4 is 5.32 Å². The number of carbonyl (C=O) groups excluding carboxylic acids is 1. The number of nitrogens with one attached hydrogen (secondary N) is 1. The Morgan fingerprint density at radius 1 is 1.29 bits per heavy atom. The van der Waals surface area contributed by atoms with E-state index in [-0.39, 0.29) is 0 Å². The zero-order chi connectivity index (χ0) is 15.2. The molecule has 2 aliphatic rings. The van der Waals surface area contributed by atoms with Crippen LogP contribution >= 0.6 is 0 Å². The van der Waals surface area contributed by atoms with Crippen LogP contribution in [0.15, 0.2) is 0 Å². The normalized spacial score (nSPS) is 24.2. The standard InChI is InChI=1S/C16H32N4O/c1-14(2)11-19(12-15-5-4-6-17-15)13-16(21)20-9-7-18(3)8-10-20/h14-15,17H,4-13H2,1-3H3. The summed E-state index contributed by atoms with van der Waals surface area (Å²) in [7, 11) is 2.12. The molecule has 0 bridgehead atoms. The van der Waals surface area contributed by atoms with Crippen molar-refractivity contribution in [3.05, 3.63) is 0 Å². The van der Waals surface area contributed by atoms with Gasteiger partial charge in [-0.2, -0.15) is 0 Å². The molecule has 0 radical (unpaired) electrons. The fourth-order valence-corrected chi connectivity index (χ4v) is 3.29. The van der Waals surface area contributed by atoms with Gasteiger partial charge in [0.2, 0.25) is 5.91 Å². The van der Waals surface area contributed by atoms with Crippen molar-refractivity contribution in [3.8, 4) is 0 Å². The minimum absolute atomic E-state index is 0.307. The van der Waals surface area contributed by atoms with Crippen LogP contribution in [-0.4, -0.2) is 86.1 Å². The Kier molecular flexibility index (Phi) is 6.45. The minimum atomic E-state index is 0.307. The number of hydrogen-bond donors (Lipinski definition) is 1. The molecular weight excluding hydrogens is 264 g/mol. The molecule has 2 saturated heterocycles. The van der Waals surface area contributed by atoms with E-state index in [1.54, 1.807) is 0 Å². The highest BCUT2D eigenvalue weighted by Gasteiger charge is 2.24. The zero-order valence-electron chi connectivity index (χ0n) is 14.0. The molecule has 0 aliphatic carbocycles. The number of likely N-dealkylation sites (N-methyl/N-ethyl adjacent to an activating group) is 1. The van der Waals surface area contributed by atoms with Gasteiger partial charge in [-0.05, 0) is 32.4 Å². The van der Waals surface area contributed by atoms with Crippen LogP contribution in [0.4, 0.5) is 0 Å². The predicted octanol–water partition coefficient (Wildman–Crippen LogP) is 0.470. The van der Waals surface area contributed by atoms with Crippen molar-refractivity contribution in [3.63, 3.8) is 0 Å². The monoisotopic (exact) mass is 296 g/mol. The Morgan fingerprint density at radius 3 is 2.57 bits per heavy atom. The van der Waals surface area contributed by atoms with E-state index in [0.717, 1.165) is 45.8 Å². The van der Waals surface area contributed by atoms with Gasteiger partial charge in [0.05, 0.1) is 6.54 Å². The fourth-order valence-electron chi connectivity index (χ4n) is 3.29. The minimum Gasteiger partial charge on any atom is -0.339 e. The predicted molar refractivity (Wildman–Crippen MR) is 86.4 cm³/mol. The molecule has 0 aromatic heterocycles. The van der Waals surface area contributed by atoms with Crippen LogP contribution in [0, 0.1) is 5.92 Å². The molecule has 1 unspecified atom stereocenters. The molecule has 0 aromatic rings. The SMILES string of the molecule is CC(C)CN(CC(=O)N1CCN(C)CC1)CC1CCCN1. The highest BCUT2D eigenvalue weighted by molar-refractivity contribution is 5.78. The van der Waals surface area contributed by atoms with Crippen LogP contribution in [0.5, 0.6) is 0 Å². The summed E-state index contributed by atoms with van der Waals surface area (Å²) in [6.07, 6.45) is 2.52. The number of nitrogens with zero attached hydrogens (tertiary/aromatic N) is 3. The first-order chi connectivity index (χ1) is 10.0. The summed E-state index contributed by atoms with van der Waals surface area (Å²) in [4.78, 5) is 19.2. The molecule has 5 heteroatoms. The lowest BCUT2D eigenvalue weighted by Crippen LogP contribution is -2.51. The third kappa shape index (κ3) is 5.57. The molecule has 2 aliphatic heterocycles. The summed E-state index contributed by atoms with van der Waals surface area (Å²) in [5.41, 5.74) is 0. The Hall–Kier alpha value is -0.650. The molecule has 2 heterocycles. The van der Waals surface area contributed by atoms with Crippen molar-refractivity contribution in [2.75, 3.05) is 59.4 Å². The highest BCUT2D eigenvalue weighted by atomic mass is 16.2. The largest absolute Gasteiger partial charge is 0.339 e. The summed E-state index contributed by atoms with van der Waals surface area (Å²) in [6.45, 7) is 12.0. The summed E-state index contributed by atoms with van der Waals surface area (Å²) in [6, 6.07) is 0.573. The quantitative estimate of drug-likeness (QED) is 0.773. The van der Waals surface area contributed by atoms with Gasteiger partial charge in [0, 0.05) is 45.3 Å². The van der Waals surface area contributed by atoms with Crippen molar-refractivity contribution < 1.29 is 4.79 Å². The van der Waals surface area contributed by atoms with E-state index in [9.17, 15) is 4.79 Å². The molecule has 2 fully saturated rings. The fraction of sp³-hybridized carbons (Fsp3) is 0.938. The molecule has 122 valence electrons. The molecule has 0 aromatic carbocycles. The lowest BCUT2D eigenvalue weighted by atomic mass is 10.1. The van der Waals surface area contributed by atoms with Gasteiger partial charge in [-0.1, -0.05) is 13.8 Å². The molecular formula is C16H32N4O. The molecule has 1 amide bonds. The lowest BCUT2D eigenvalue weighted by Gasteiger charge is -2.34. The maximum atomic E-state index is 12.5. The second-order valence-corrected chi connectivity index (χ2v) is 7.07. The van der Waals surface area contributed by atoms with Gasteiger partial charge in [0.15, 0.2) is 0 Å². The van der Waals surface area contributed by atoms with E-state index in [1.807, 2.05) is 4.90 Å². The van der Waals surface area contributed by atoms with Gasteiger partial charge in [-0.3, -0.25) is 9.69 Å². The molecule has 2 rings (SSSR count). The first kappa shape index (κ1) is 16.7. The third-order valence-electron chi connectivity index (χ3n) is 4.48. The van der Waals surface area contributed by atoms with Crippen LogP contribution in [0.3, 0.4) is 0 Å². The second-order valence-electron chi connectivity index (χ2n) is 7.07. The number of hydrogen-bond acceptors (Lipinski definition) is 4. The average molecular weight is 296 g/mol. The molecule has 21 heavy (non-hydrogen) atoms. The first-order valence-electron chi connectivity index (χ1n) is 8.46. The summed E-state index contributed by atoms with van der Waals surface area (Å²) in [5, 5.41) is 3.55. The number of piperazine rings is 1. The van der Waals surface area contributed by atoms with Crippen LogP contribution in [0.25, 0.3) is 0 Å². The van der Waals surface area contributed by atoms with Gasteiger partial charge in [0.25, 0.3) is 0 Å². The van der Waals surface area contributed by atoms with E-state index in [0.29, 0.717) is 24.4 Å². The smallest absolute Gasteiger partial charge is 0.236 e. The number of carbonyl (C=O) groups is 1. The van der Waals surface area contributed by atoms with Crippen molar-refractivity contribution in [2.45, 2.75) is 32.7 Å². The maximum absolute atomic E-state index is 12.5. The topological polar surface area (TPSA) is 38.8 Å². The third-order valence-corrected chi connectivity index (χ3v) is 4.48. The van der Waals surface area contributed by atoms with Gasteiger partial charge in [-0.15, -0.1) is 0 Å². The van der Waals surface area contributed by atoms with E-state index < -0.39 is 0 Å². The average Bonchev–Trinajstić information content (AvgIpc) is 2.91. The van der Waals surface area contributed by atoms with Crippen LogP contribution in [0.1, 0.15) is 26.7 Å². The molecule has 1 atom stereocenters. The number of rotatable bonds is 6. The van der Waals surface area contributed by atoms with Crippen LogP contribution in [-0.2, 0) is 4.79 Å². The van der Waals surface area contributed by atoms with Crippen LogP contribution in [0.2, 0.25) is 0 Å². The van der Waals surface area contributed by atoms with Crippen molar-refractivity contribution in [2.24, 2.45) is 5.92 Å². The van der Waals surface area contributed by atoms with Gasteiger partial charge in [-0.25, -0.2) is 0 Å². The second kappa shape index (κ2) is 8.11. The van der Waals surface area contributed by atoms with E-state index in [1.165, 1.54) is 12.8 Å². The van der Waals surface area contributed by atoms with Gasteiger partial charge >= 0.3 is 0 Å². The summed E-state index contributed by atoms with van der Waals surface area (Å²) >= 11 is 0. The van der Waals surface area contributed by atoms with E-state index in [4.69, 9.17) is 0 Å². The highest BCUT2D eigenvalue weighted by Crippen LogP contribution is 2.10. The van der Waals surface area contributed by atoms with Crippen molar-refractivity contribution in [1.82, 2.24) is 20.0 Å². The number of amides is 1. The maximum Gasteiger partial charge on any atom is 0.236 e. The van der Waals surface area contributed by atoms with Crippen molar-refractivity contribution >= 4 is 5.91 Å². The molecule has 0 spiro atoms. The van der Waals surface area contributed by atoms with Crippen molar-refractivity contribution in [1.29, 1.82) is 0 Å². The Balaban J connectivity index is 1.82. The summed E-state index contributed by atoms with van der Waals surface area (Å²) in [5.74, 6) is 0.911. The summed E-state index contributed by atoms with van der Waals surface area (Å²) < 4.78 is 0. The Morgan fingerprint density at radius 2 is 2.00 bits per heavy atom. The molecule has 1 N–H and O–H groups in total. The van der Waals surface area contributed by atoms with E-state index in [2.05, 4.69) is 36.0 Å². The Labute approximate surface area is 129 Å².